The summed E-state index contributed by atoms with van der Waals surface area (Å²) in [6.07, 6.45) is 0. The standard InChI is InChI=1S/C74H46/c1-3-15-53-41-55(35-33-47(53)13-1)49-25-29-51(30-26-49)57-37-39-67-69(45-57)73(71-63-21-9-5-17-59(63)43-60-18-6-10-22-64(60)71)68-40-38-58(52-31-27-50(28-32-52)56-36-34-48-14-2-4-16-54(48)42-56)46-70(68)74(67)72-65-23-11-7-19-61(65)44-62-20-8-12-24-66(62)72/h1-46H. The molecule has 0 N–H and O–H groups in total. The first-order valence-electron chi connectivity index (χ1n) is 25.7. The van der Waals surface area contributed by atoms with Gasteiger partial charge < -0.3 is 0 Å². The molecule has 0 spiro atoms. The third-order valence-electron chi connectivity index (χ3n) is 15.8. The summed E-state index contributed by atoms with van der Waals surface area (Å²) in [6, 6.07) is 104. The molecule has 0 unspecified atom stereocenters. The van der Waals surface area contributed by atoms with Gasteiger partial charge in [0.25, 0.3) is 0 Å². The largest absolute Gasteiger partial charge is 0.0616 e. The van der Waals surface area contributed by atoms with Crippen LogP contribution in [0.4, 0.5) is 0 Å². The fraction of sp³-hybridized carbons (Fsp3) is 0. The lowest BCUT2D eigenvalue weighted by atomic mass is 9.80. The first-order chi connectivity index (χ1) is 36.7. The smallest absolute Gasteiger partial charge is 0.00137 e. The normalized spacial score (nSPS) is 11.8. The van der Waals surface area contributed by atoms with Crippen molar-refractivity contribution < 1.29 is 0 Å². The summed E-state index contributed by atoms with van der Waals surface area (Å²) in [6.45, 7) is 0. The summed E-state index contributed by atoms with van der Waals surface area (Å²) in [5.74, 6) is 0. The van der Waals surface area contributed by atoms with Gasteiger partial charge in [-0.15, -0.1) is 0 Å². The van der Waals surface area contributed by atoms with Crippen LogP contribution in [0.1, 0.15) is 0 Å². The predicted molar refractivity (Wildman–Crippen MR) is 319 cm³/mol. The molecule has 0 atom stereocenters. The fourth-order valence-corrected chi connectivity index (χ4v) is 12.1. The van der Waals surface area contributed by atoms with Gasteiger partial charge in [0.05, 0.1) is 0 Å². The maximum Gasteiger partial charge on any atom is -0.00137 e. The summed E-state index contributed by atoms with van der Waals surface area (Å²) < 4.78 is 0. The Morgan fingerprint density at radius 3 is 0.703 bits per heavy atom. The maximum atomic E-state index is 2.49. The van der Waals surface area contributed by atoms with Crippen molar-refractivity contribution in [3.63, 3.8) is 0 Å². The summed E-state index contributed by atoms with van der Waals surface area (Å²) in [7, 11) is 0. The Morgan fingerprint density at radius 1 is 0.122 bits per heavy atom. The van der Waals surface area contributed by atoms with Crippen LogP contribution in [0.2, 0.25) is 0 Å². The molecule has 74 heavy (non-hydrogen) atoms. The van der Waals surface area contributed by atoms with Crippen molar-refractivity contribution in [2.24, 2.45) is 0 Å². The quantitative estimate of drug-likeness (QED) is 0.146. The van der Waals surface area contributed by atoms with Gasteiger partial charge in [-0.2, -0.15) is 0 Å². The molecule has 342 valence electrons. The van der Waals surface area contributed by atoms with E-state index in [1.807, 2.05) is 0 Å². The Hall–Kier alpha value is -9.62. The lowest BCUT2D eigenvalue weighted by Crippen LogP contribution is -1.95. The van der Waals surface area contributed by atoms with E-state index in [9.17, 15) is 0 Å². The molecule has 0 radical (unpaired) electrons. The molecule has 0 saturated heterocycles. The van der Waals surface area contributed by atoms with Gasteiger partial charge in [0.15, 0.2) is 0 Å². The Balaban J connectivity index is 1.02. The van der Waals surface area contributed by atoms with E-state index < -0.39 is 0 Å². The molecule has 15 aromatic rings. The van der Waals surface area contributed by atoms with Crippen LogP contribution in [0.3, 0.4) is 0 Å². The van der Waals surface area contributed by atoms with Crippen LogP contribution in [-0.4, -0.2) is 0 Å². The third-order valence-corrected chi connectivity index (χ3v) is 15.8. The van der Waals surface area contributed by atoms with E-state index >= 15 is 0 Å². The van der Waals surface area contributed by atoms with Gasteiger partial charge in [-0.25, -0.2) is 0 Å². The molecule has 0 fully saturated rings. The van der Waals surface area contributed by atoms with Gasteiger partial charge >= 0.3 is 0 Å². The lowest BCUT2D eigenvalue weighted by molar-refractivity contribution is 1.61. The molecule has 0 aromatic heterocycles. The van der Waals surface area contributed by atoms with Crippen LogP contribution in [0.5, 0.6) is 0 Å². The van der Waals surface area contributed by atoms with Crippen LogP contribution in [0.25, 0.3) is 153 Å². The number of fused-ring (bicyclic) bond motifs is 8. The van der Waals surface area contributed by atoms with Crippen LogP contribution in [0, 0.1) is 0 Å². The second kappa shape index (κ2) is 17.0. The molecule has 0 saturated carbocycles. The van der Waals surface area contributed by atoms with Crippen molar-refractivity contribution in [2.75, 3.05) is 0 Å². The van der Waals surface area contributed by atoms with E-state index in [-0.39, 0.29) is 0 Å². The molecular formula is C74H46. The van der Waals surface area contributed by atoms with Crippen LogP contribution in [0.15, 0.2) is 279 Å². The zero-order valence-electron chi connectivity index (χ0n) is 40.6. The van der Waals surface area contributed by atoms with Crippen molar-refractivity contribution in [3.8, 4) is 66.8 Å². The van der Waals surface area contributed by atoms with Gasteiger partial charge in [-0.1, -0.05) is 243 Å². The Labute approximate surface area is 429 Å². The second-order valence-corrected chi connectivity index (χ2v) is 19.9. The first kappa shape index (κ1) is 42.1. The average Bonchev–Trinajstić information content (AvgIpc) is 3.48. The molecule has 0 amide bonds. The Bertz CT molecular complexity index is 4330. The zero-order chi connectivity index (χ0) is 48.7. The van der Waals surface area contributed by atoms with Crippen molar-refractivity contribution in [3.05, 3.63) is 279 Å². The van der Waals surface area contributed by atoms with Gasteiger partial charge in [-0.3, -0.25) is 0 Å². The fourth-order valence-electron chi connectivity index (χ4n) is 12.1. The molecule has 0 aliphatic heterocycles. The van der Waals surface area contributed by atoms with Crippen molar-refractivity contribution in [1.82, 2.24) is 0 Å². The van der Waals surface area contributed by atoms with Gasteiger partial charge in [-0.05, 0) is 189 Å². The minimum Gasteiger partial charge on any atom is -0.0616 e. The molecular weight excluding hydrogens is 889 g/mol. The molecule has 0 bridgehead atoms. The van der Waals surface area contributed by atoms with E-state index in [1.165, 1.54) is 153 Å². The van der Waals surface area contributed by atoms with Gasteiger partial charge in [0, 0.05) is 0 Å². The monoisotopic (exact) mass is 934 g/mol. The minimum absolute atomic E-state index is 1.18. The van der Waals surface area contributed by atoms with E-state index in [0.29, 0.717) is 0 Å². The van der Waals surface area contributed by atoms with Crippen LogP contribution in [-0.2, 0) is 0 Å². The van der Waals surface area contributed by atoms with Crippen molar-refractivity contribution in [1.29, 1.82) is 0 Å². The van der Waals surface area contributed by atoms with Crippen LogP contribution >= 0.6 is 0 Å². The molecule has 15 aromatic carbocycles. The summed E-state index contributed by atoms with van der Waals surface area (Å²) in [5.41, 5.74) is 14.6. The first-order valence-corrected chi connectivity index (χ1v) is 25.7. The Kier molecular flexibility index (Phi) is 9.68. The summed E-state index contributed by atoms with van der Waals surface area (Å²) in [5, 5.41) is 19.8. The molecule has 0 aliphatic carbocycles. The summed E-state index contributed by atoms with van der Waals surface area (Å²) in [4.78, 5) is 0. The van der Waals surface area contributed by atoms with E-state index in [2.05, 4.69) is 279 Å². The highest BCUT2D eigenvalue weighted by atomic mass is 14.3. The SMILES string of the molecule is c1ccc2cc(-c3ccc(-c4ccc5c(-c6c7ccccc7cc7ccccc67)c6cc(-c7ccc(-c8ccc9ccccc9c8)cc7)ccc6c(-c6c7ccccc7cc7ccccc67)c5c4)cc3)ccc2c1. The van der Waals surface area contributed by atoms with E-state index in [4.69, 9.17) is 0 Å². The van der Waals surface area contributed by atoms with Crippen molar-refractivity contribution >= 4 is 86.2 Å². The number of rotatable bonds is 6. The van der Waals surface area contributed by atoms with Gasteiger partial charge in [0.1, 0.15) is 0 Å². The number of hydrogen-bond acceptors (Lipinski definition) is 0. The lowest BCUT2D eigenvalue weighted by Gasteiger charge is -2.23. The third kappa shape index (κ3) is 6.91. The van der Waals surface area contributed by atoms with Gasteiger partial charge in [0.2, 0.25) is 0 Å². The molecule has 0 heterocycles. The summed E-state index contributed by atoms with van der Waals surface area (Å²) >= 11 is 0. The zero-order valence-corrected chi connectivity index (χ0v) is 40.6. The Morgan fingerprint density at radius 2 is 0.365 bits per heavy atom. The average molecular weight is 935 g/mol. The molecule has 0 aliphatic rings. The molecule has 0 nitrogen and oxygen atoms in total. The molecule has 15 rings (SSSR count). The van der Waals surface area contributed by atoms with E-state index in [0.717, 1.165) is 0 Å². The minimum atomic E-state index is 1.18. The van der Waals surface area contributed by atoms with Crippen molar-refractivity contribution in [2.45, 2.75) is 0 Å². The number of hydrogen-bond donors (Lipinski definition) is 0. The second-order valence-electron chi connectivity index (χ2n) is 19.9. The highest BCUT2D eigenvalue weighted by molar-refractivity contribution is 6.31. The van der Waals surface area contributed by atoms with Crippen LogP contribution < -0.4 is 0 Å². The van der Waals surface area contributed by atoms with E-state index in [1.54, 1.807) is 0 Å². The molecule has 0 heteroatoms. The maximum absolute atomic E-state index is 2.49. The highest BCUT2D eigenvalue weighted by Crippen LogP contribution is 2.51. The topological polar surface area (TPSA) is 0 Å². The predicted octanol–water partition coefficient (Wildman–Crippen LogP) is 20.9. The highest BCUT2D eigenvalue weighted by Gasteiger charge is 2.24. The number of benzene rings is 15.